The van der Waals surface area contributed by atoms with E-state index in [2.05, 4.69) is 21.2 Å². The Morgan fingerprint density at radius 3 is 2.48 bits per heavy atom. The highest BCUT2D eigenvalue weighted by atomic mass is 79.9. The lowest BCUT2D eigenvalue weighted by Crippen LogP contribution is -2.17. The van der Waals surface area contributed by atoms with Crippen molar-refractivity contribution < 1.29 is 4.79 Å². The Labute approximate surface area is 132 Å². The van der Waals surface area contributed by atoms with Crippen LogP contribution in [-0.2, 0) is 0 Å². The Morgan fingerprint density at radius 1 is 1.29 bits per heavy atom. The maximum atomic E-state index is 12.6. The number of rotatable bonds is 3. The van der Waals surface area contributed by atoms with E-state index in [4.69, 9.17) is 5.73 Å². The Hall–Kier alpha value is -1.75. The molecule has 110 valence electrons. The van der Waals surface area contributed by atoms with E-state index in [1.165, 1.54) is 0 Å². The SMILES string of the molecule is Cc1cc(Br)cc(C)c1NC(=O)c1cc(N)cn1C1CC1. The number of carbonyl (C=O) groups excluding carboxylic acids is 1. The fourth-order valence-electron chi connectivity index (χ4n) is 2.62. The van der Waals surface area contributed by atoms with Crippen molar-refractivity contribution in [2.75, 3.05) is 11.1 Å². The number of aromatic nitrogens is 1. The molecule has 1 heterocycles. The van der Waals surface area contributed by atoms with Crippen LogP contribution in [0.2, 0.25) is 0 Å². The summed E-state index contributed by atoms with van der Waals surface area (Å²) in [4.78, 5) is 12.6. The summed E-state index contributed by atoms with van der Waals surface area (Å²) in [5, 5.41) is 3.02. The van der Waals surface area contributed by atoms with E-state index in [9.17, 15) is 4.79 Å². The van der Waals surface area contributed by atoms with Crippen molar-refractivity contribution in [2.45, 2.75) is 32.7 Å². The van der Waals surface area contributed by atoms with E-state index in [0.717, 1.165) is 34.1 Å². The standard InChI is InChI=1S/C16H18BrN3O/c1-9-5-11(17)6-10(2)15(9)19-16(21)14-7-12(18)8-20(14)13-3-4-13/h5-8,13H,3-4,18H2,1-2H3,(H,19,21). The number of halogens is 1. The smallest absolute Gasteiger partial charge is 0.272 e. The lowest BCUT2D eigenvalue weighted by molar-refractivity contribution is 0.101. The number of amides is 1. The van der Waals surface area contributed by atoms with Crippen molar-refractivity contribution in [3.05, 3.63) is 45.7 Å². The number of carbonyl (C=O) groups is 1. The van der Waals surface area contributed by atoms with Crippen LogP contribution >= 0.6 is 15.9 Å². The molecule has 0 spiro atoms. The van der Waals surface area contributed by atoms with Gasteiger partial charge in [0.2, 0.25) is 0 Å². The predicted molar refractivity (Wildman–Crippen MR) is 88.7 cm³/mol. The van der Waals surface area contributed by atoms with E-state index >= 15 is 0 Å². The zero-order valence-electron chi connectivity index (χ0n) is 12.1. The largest absolute Gasteiger partial charge is 0.397 e. The molecule has 4 nitrogen and oxygen atoms in total. The van der Waals surface area contributed by atoms with Gasteiger partial charge in [0, 0.05) is 22.4 Å². The van der Waals surface area contributed by atoms with Gasteiger partial charge >= 0.3 is 0 Å². The molecule has 1 fully saturated rings. The van der Waals surface area contributed by atoms with E-state index in [0.29, 0.717) is 17.4 Å². The van der Waals surface area contributed by atoms with Crippen LogP contribution in [0.1, 0.15) is 40.5 Å². The van der Waals surface area contributed by atoms with Crippen molar-refractivity contribution in [1.29, 1.82) is 0 Å². The number of hydrogen-bond acceptors (Lipinski definition) is 2. The third kappa shape index (κ3) is 2.83. The van der Waals surface area contributed by atoms with Gasteiger partial charge in [-0.25, -0.2) is 0 Å². The van der Waals surface area contributed by atoms with Gasteiger partial charge in [-0.05, 0) is 56.0 Å². The zero-order chi connectivity index (χ0) is 15.1. The fraction of sp³-hybridized carbons (Fsp3) is 0.312. The summed E-state index contributed by atoms with van der Waals surface area (Å²) < 4.78 is 3.01. The minimum absolute atomic E-state index is 0.105. The van der Waals surface area contributed by atoms with Crippen molar-refractivity contribution in [2.24, 2.45) is 0 Å². The normalized spacial score (nSPS) is 14.2. The van der Waals surface area contributed by atoms with Crippen LogP contribution in [-0.4, -0.2) is 10.5 Å². The fourth-order valence-corrected chi connectivity index (χ4v) is 3.31. The van der Waals surface area contributed by atoms with E-state index in [1.54, 1.807) is 6.07 Å². The van der Waals surface area contributed by atoms with Gasteiger partial charge in [0.25, 0.3) is 5.91 Å². The Kier molecular flexibility index (Phi) is 3.53. The Morgan fingerprint density at radius 2 is 1.90 bits per heavy atom. The highest BCUT2D eigenvalue weighted by molar-refractivity contribution is 9.10. The summed E-state index contributed by atoms with van der Waals surface area (Å²) in [5.74, 6) is -0.105. The average molecular weight is 348 g/mol. The highest BCUT2D eigenvalue weighted by Gasteiger charge is 2.28. The summed E-state index contributed by atoms with van der Waals surface area (Å²) >= 11 is 3.47. The van der Waals surface area contributed by atoms with Crippen molar-refractivity contribution in [3.63, 3.8) is 0 Å². The van der Waals surface area contributed by atoms with E-state index < -0.39 is 0 Å². The number of anilines is 2. The molecular weight excluding hydrogens is 330 g/mol. The molecule has 0 aliphatic heterocycles. The maximum Gasteiger partial charge on any atom is 0.272 e. The average Bonchev–Trinajstić information content (AvgIpc) is 3.16. The zero-order valence-corrected chi connectivity index (χ0v) is 13.7. The molecule has 1 aliphatic rings. The highest BCUT2D eigenvalue weighted by Crippen LogP contribution is 2.37. The van der Waals surface area contributed by atoms with Crippen LogP contribution in [0, 0.1) is 13.8 Å². The molecule has 1 amide bonds. The minimum atomic E-state index is -0.105. The second-order valence-corrected chi connectivity index (χ2v) is 6.58. The molecule has 5 heteroatoms. The number of nitrogens with two attached hydrogens (primary N) is 1. The minimum Gasteiger partial charge on any atom is -0.397 e. The monoisotopic (exact) mass is 347 g/mol. The number of benzene rings is 1. The van der Waals surface area contributed by atoms with E-state index in [1.807, 2.05) is 36.7 Å². The lowest BCUT2D eigenvalue weighted by atomic mass is 10.1. The Balaban J connectivity index is 1.90. The summed E-state index contributed by atoms with van der Waals surface area (Å²) in [6.45, 7) is 3.98. The molecule has 0 bridgehead atoms. The molecule has 21 heavy (non-hydrogen) atoms. The molecule has 0 atom stereocenters. The molecule has 0 radical (unpaired) electrons. The predicted octanol–water partition coefficient (Wildman–Crippen LogP) is 4.04. The first-order valence-electron chi connectivity index (χ1n) is 7.01. The van der Waals surface area contributed by atoms with E-state index in [-0.39, 0.29) is 5.91 Å². The van der Waals surface area contributed by atoms with Gasteiger partial charge in [0.15, 0.2) is 0 Å². The molecule has 2 aromatic rings. The summed E-state index contributed by atoms with van der Waals surface area (Å²) in [7, 11) is 0. The molecule has 0 saturated heterocycles. The van der Waals surface area contributed by atoms with Crippen LogP contribution in [0.25, 0.3) is 0 Å². The first-order chi connectivity index (χ1) is 9.95. The molecule has 1 aliphatic carbocycles. The molecule has 3 N–H and O–H groups in total. The second-order valence-electron chi connectivity index (χ2n) is 5.67. The lowest BCUT2D eigenvalue weighted by Gasteiger charge is -2.13. The summed E-state index contributed by atoms with van der Waals surface area (Å²) in [5.41, 5.74) is 10.1. The van der Waals surface area contributed by atoms with Crippen molar-refractivity contribution in [1.82, 2.24) is 4.57 Å². The molecule has 0 unspecified atom stereocenters. The molecule has 1 aromatic carbocycles. The van der Waals surface area contributed by atoms with Gasteiger partial charge in [0.1, 0.15) is 5.69 Å². The van der Waals surface area contributed by atoms with Crippen LogP contribution in [0.15, 0.2) is 28.9 Å². The van der Waals surface area contributed by atoms with Gasteiger partial charge in [-0.2, -0.15) is 0 Å². The topological polar surface area (TPSA) is 60.1 Å². The molecule has 1 saturated carbocycles. The van der Waals surface area contributed by atoms with Gasteiger partial charge in [0.05, 0.1) is 5.69 Å². The Bertz CT molecular complexity index is 693. The van der Waals surface area contributed by atoms with Crippen LogP contribution in [0.3, 0.4) is 0 Å². The first kappa shape index (κ1) is 14.2. The van der Waals surface area contributed by atoms with Gasteiger partial charge in [-0.15, -0.1) is 0 Å². The number of nitrogens with one attached hydrogen (secondary N) is 1. The molecular formula is C16H18BrN3O. The third-order valence-corrected chi connectivity index (χ3v) is 4.24. The summed E-state index contributed by atoms with van der Waals surface area (Å²) in [6.07, 6.45) is 4.09. The van der Waals surface area contributed by atoms with Crippen molar-refractivity contribution in [3.8, 4) is 0 Å². The number of nitrogens with zero attached hydrogens (tertiary/aromatic N) is 1. The number of nitrogen functional groups attached to an aromatic ring is 1. The summed E-state index contributed by atoms with van der Waals surface area (Å²) in [6, 6.07) is 6.17. The van der Waals surface area contributed by atoms with Gasteiger partial charge < -0.3 is 15.6 Å². The third-order valence-electron chi connectivity index (χ3n) is 3.78. The molecule has 1 aromatic heterocycles. The van der Waals surface area contributed by atoms with Crippen LogP contribution in [0.5, 0.6) is 0 Å². The number of hydrogen-bond donors (Lipinski definition) is 2. The van der Waals surface area contributed by atoms with Crippen LogP contribution < -0.4 is 11.1 Å². The van der Waals surface area contributed by atoms with Crippen molar-refractivity contribution >= 4 is 33.2 Å². The van der Waals surface area contributed by atoms with Gasteiger partial charge in [-0.1, -0.05) is 15.9 Å². The maximum absolute atomic E-state index is 12.6. The molecule has 3 rings (SSSR count). The van der Waals surface area contributed by atoms with Gasteiger partial charge in [-0.3, -0.25) is 4.79 Å². The quantitative estimate of drug-likeness (QED) is 0.880. The number of aryl methyl sites for hydroxylation is 2. The second kappa shape index (κ2) is 5.22. The first-order valence-corrected chi connectivity index (χ1v) is 7.80. The van der Waals surface area contributed by atoms with Crippen LogP contribution in [0.4, 0.5) is 11.4 Å².